The van der Waals surface area contributed by atoms with E-state index in [4.69, 9.17) is 10.00 Å². The van der Waals surface area contributed by atoms with Crippen molar-refractivity contribution in [2.45, 2.75) is 26.7 Å². The Kier molecular flexibility index (Phi) is 6.99. The summed E-state index contributed by atoms with van der Waals surface area (Å²) in [5, 5.41) is 8.80. The number of nitriles is 1. The number of nitrogens with zero attached hydrogens (tertiary/aromatic N) is 2. The van der Waals surface area contributed by atoms with E-state index in [-0.39, 0.29) is 0 Å². The fourth-order valence-corrected chi connectivity index (χ4v) is 1.77. The molecule has 1 aromatic carbocycles. The van der Waals surface area contributed by atoms with Gasteiger partial charge < -0.3 is 9.64 Å². The number of ether oxygens (including phenoxy) is 1. The average molecular weight is 260 g/mol. The molecule has 1 rings (SSSR count). The molecule has 104 valence electrons. The van der Waals surface area contributed by atoms with E-state index in [0.29, 0.717) is 12.2 Å². The Morgan fingerprint density at radius 3 is 2.79 bits per heavy atom. The molecule has 0 unspecified atom stereocenters. The van der Waals surface area contributed by atoms with Crippen LogP contribution in [0.1, 0.15) is 32.3 Å². The summed E-state index contributed by atoms with van der Waals surface area (Å²) in [5.74, 6) is 1.54. The van der Waals surface area contributed by atoms with Crippen LogP contribution in [0.15, 0.2) is 24.3 Å². The SMILES string of the molecule is CC(C)CCN(C)CCCOc1cccc(C#N)c1. The summed E-state index contributed by atoms with van der Waals surface area (Å²) < 4.78 is 5.65. The Hall–Kier alpha value is -1.53. The topological polar surface area (TPSA) is 36.3 Å². The largest absolute Gasteiger partial charge is 0.494 e. The highest BCUT2D eigenvalue weighted by atomic mass is 16.5. The molecule has 1 aromatic rings. The van der Waals surface area contributed by atoms with Crippen molar-refractivity contribution < 1.29 is 4.74 Å². The van der Waals surface area contributed by atoms with Gasteiger partial charge in [-0.15, -0.1) is 0 Å². The van der Waals surface area contributed by atoms with Crippen LogP contribution in [0.2, 0.25) is 0 Å². The van der Waals surface area contributed by atoms with E-state index in [1.54, 1.807) is 12.1 Å². The number of benzene rings is 1. The zero-order valence-corrected chi connectivity index (χ0v) is 12.2. The Bertz CT molecular complexity index is 409. The molecule has 0 fully saturated rings. The molecule has 0 radical (unpaired) electrons. The highest BCUT2D eigenvalue weighted by Gasteiger charge is 2.01. The standard InChI is InChI=1S/C16H24N2O/c1-14(2)8-10-18(3)9-5-11-19-16-7-4-6-15(12-16)13-17/h4,6-7,12,14H,5,8-11H2,1-3H3. The third-order valence-electron chi connectivity index (χ3n) is 3.00. The predicted molar refractivity (Wildman–Crippen MR) is 78.2 cm³/mol. The Labute approximate surface area is 116 Å². The molecule has 3 nitrogen and oxygen atoms in total. The van der Waals surface area contributed by atoms with E-state index >= 15 is 0 Å². The van der Waals surface area contributed by atoms with Gasteiger partial charge in [-0.2, -0.15) is 5.26 Å². The van der Waals surface area contributed by atoms with Crippen LogP contribution in [-0.4, -0.2) is 31.6 Å². The molecule has 0 saturated heterocycles. The van der Waals surface area contributed by atoms with E-state index in [1.165, 1.54) is 6.42 Å². The van der Waals surface area contributed by atoms with Gasteiger partial charge in [0.25, 0.3) is 0 Å². The van der Waals surface area contributed by atoms with Crippen LogP contribution in [-0.2, 0) is 0 Å². The minimum absolute atomic E-state index is 0.645. The lowest BCUT2D eigenvalue weighted by molar-refractivity contribution is 0.255. The van der Waals surface area contributed by atoms with Crippen LogP contribution >= 0.6 is 0 Å². The first-order valence-electron chi connectivity index (χ1n) is 6.93. The highest BCUT2D eigenvalue weighted by Crippen LogP contribution is 2.12. The fourth-order valence-electron chi connectivity index (χ4n) is 1.77. The monoisotopic (exact) mass is 260 g/mol. The first kappa shape index (κ1) is 15.5. The zero-order valence-electron chi connectivity index (χ0n) is 12.2. The van der Waals surface area contributed by atoms with Gasteiger partial charge in [-0.25, -0.2) is 0 Å². The van der Waals surface area contributed by atoms with Gasteiger partial charge in [0.05, 0.1) is 18.2 Å². The van der Waals surface area contributed by atoms with Gasteiger partial charge in [0.2, 0.25) is 0 Å². The van der Waals surface area contributed by atoms with Crippen molar-refractivity contribution in [3.05, 3.63) is 29.8 Å². The van der Waals surface area contributed by atoms with Gasteiger partial charge in [0, 0.05) is 6.54 Å². The second kappa shape index (κ2) is 8.55. The maximum Gasteiger partial charge on any atom is 0.120 e. The van der Waals surface area contributed by atoms with Crippen LogP contribution in [0, 0.1) is 17.2 Å². The Balaban J connectivity index is 2.18. The van der Waals surface area contributed by atoms with Crippen LogP contribution in [0.5, 0.6) is 5.75 Å². The van der Waals surface area contributed by atoms with Crippen molar-refractivity contribution in [3.8, 4) is 11.8 Å². The van der Waals surface area contributed by atoms with Crippen molar-refractivity contribution in [3.63, 3.8) is 0 Å². The molecule has 0 aromatic heterocycles. The van der Waals surface area contributed by atoms with E-state index < -0.39 is 0 Å². The molecular weight excluding hydrogens is 236 g/mol. The summed E-state index contributed by atoms with van der Waals surface area (Å²) in [4.78, 5) is 2.34. The molecule has 3 heteroatoms. The molecule has 0 heterocycles. The lowest BCUT2D eigenvalue weighted by atomic mass is 10.1. The zero-order chi connectivity index (χ0) is 14.1. The summed E-state index contributed by atoms with van der Waals surface area (Å²) >= 11 is 0. The van der Waals surface area contributed by atoms with Crippen molar-refractivity contribution in [1.29, 1.82) is 5.26 Å². The summed E-state index contributed by atoms with van der Waals surface area (Å²) in [5.41, 5.74) is 0.645. The van der Waals surface area contributed by atoms with Crippen molar-refractivity contribution in [1.82, 2.24) is 4.90 Å². The van der Waals surface area contributed by atoms with E-state index in [1.807, 2.05) is 12.1 Å². The fraction of sp³-hybridized carbons (Fsp3) is 0.562. The van der Waals surface area contributed by atoms with Crippen molar-refractivity contribution in [2.75, 3.05) is 26.7 Å². The van der Waals surface area contributed by atoms with Crippen LogP contribution in [0.3, 0.4) is 0 Å². The van der Waals surface area contributed by atoms with Crippen molar-refractivity contribution in [2.24, 2.45) is 5.92 Å². The third kappa shape index (κ3) is 6.83. The predicted octanol–water partition coefficient (Wildman–Crippen LogP) is 3.31. The third-order valence-corrected chi connectivity index (χ3v) is 3.00. The van der Waals surface area contributed by atoms with Crippen LogP contribution in [0.4, 0.5) is 0 Å². The Morgan fingerprint density at radius 1 is 1.32 bits per heavy atom. The van der Waals surface area contributed by atoms with Gasteiger partial charge in [0.1, 0.15) is 5.75 Å². The van der Waals surface area contributed by atoms with Crippen LogP contribution in [0.25, 0.3) is 0 Å². The average Bonchev–Trinajstić information content (AvgIpc) is 2.41. The second-order valence-electron chi connectivity index (χ2n) is 5.33. The molecule has 19 heavy (non-hydrogen) atoms. The molecule has 0 spiro atoms. The molecule has 0 saturated carbocycles. The first-order valence-corrected chi connectivity index (χ1v) is 6.93. The quantitative estimate of drug-likeness (QED) is 0.673. The smallest absolute Gasteiger partial charge is 0.120 e. The lowest BCUT2D eigenvalue weighted by Crippen LogP contribution is -2.23. The van der Waals surface area contributed by atoms with Gasteiger partial charge in [-0.05, 0) is 50.6 Å². The second-order valence-corrected chi connectivity index (χ2v) is 5.33. The minimum Gasteiger partial charge on any atom is -0.494 e. The number of hydrogen-bond acceptors (Lipinski definition) is 3. The molecule has 0 aliphatic rings. The number of rotatable bonds is 8. The van der Waals surface area contributed by atoms with Gasteiger partial charge in [-0.1, -0.05) is 19.9 Å². The van der Waals surface area contributed by atoms with E-state index in [2.05, 4.69) is 31.9 Å². The maximum atomic E-state index is 8.80. The maximum absolute atomic E-state index is 8.80. The normalized spacial score (nSPS) is 10.7. The van der Waals surface area contributed by atoms with Gasteiger partial charge >= 0.3 is 0 Å². The van der Waals surface area contributed by atoms with Crippen molar-refractivity contribution >= 4 is 0 Å². The Morgan fingerprint density at radius 2 is 2.11 bits per heavy atom. The van der Waals surface area contributed by atoms with Gasteiger partial charge in [-0.3, -0.25) is 0 Å². The number of hydrogen-bond donors (Lipinski definition) is 0. The lowest BCUT2D eigenvalue weighted by Gasteiger charge is -2.17. The van der Waals surface area contributed by atoms with E-state index in [9.17, 15) is 0 Å². The molecule has 0 bridgehead atoms. The van der Waals surface area contributed by atoms with Crippen LogP contribution < -0.4 is 4.74 Å². The summed E-state index contributed by atoms with van der Waals surface area (Å²) in [6.07, 6.45) is 2.24. The molecule has 0 amide bonds. The van der Waals surface area contributed by atoms with Gasteiger partial charge in [0.15, 0.2) is 0 Å². The minimum atomic E-state index is 0.645. The molecule has 0 N–H and O–H groups in total. The molecule has 0 aliphatic heterocycles. The summed E-state index contributed by atoms with van der Waals surface area (Å²) in [6.45, 7) is 7.38. The summed E-state index contributed by atoms with van der Waals surface area (Å²) in [7, 11) is 2.15. The first-order chi connectivity index (χ1) is 9.11. The van der Waals surface area contributed by atoms with E-state index in [0.717, 1.165) is 31.2 Å². The summed E-state index contributed by atoms with van der Waals surface area (Å²) in [6, 6.07) is 9.42. The molecule has 0 atom stereocenters. The molecular formula is C16H24N2O. The molecule has 0 aliphatic carbocycles. The highest BCUT2D eigenvalue weighted by molar-refractivity contribution is 5.36.